The number of carbonyl (C=O) groups is 1. The number of hydrogen-bond donors (Lipinski definition) is 1. The van der Waals surface area contributed by atoms with E-state index in [2.05, 4.69) is 38.5 Å². The lowest BCUT2D eigenvalue weighted by molar-refractivity contribution is 0.0903. The lowest BCUT2D eigenvalue weighted by atomic mass is 10.1. The third-order valence-corrected chi connectivity index (χ3v) is 2.81. The van der Waals surface area contributed by atoms with E-state index in [9.17, 15) is 4.79 Å². The SMILES string of the molecule is O=C(CO)c1cc(Br)ccc1I. The van der Waals surface area contributed by atoms with Crippen molar-refractivity contribution in [2.24, 2.45) is 0 Å². The van der Waals surface area contributed by atoms with E-state index >= 15 is 0 Å². The summed E-state index contributed by atoms with van der Waals surface area (Å²) in [4.78, 5) is 11.1. The zero-order chi connectivity index (χ0) is 9.14. The number of Topliss-reactive ketones (excluding diaryl/α,β-unsaturated/α-hetero) is 1. The Kier molecular flexibility index (Phi) is 3.67. The van der Waals surface area contributed by atoms with E-state index in [1.54, 1.807) is 6.07 Å². The van der Waals surface area contributed by atoms with Crippen molar-refractivity contribution in [1.82, 2.24) is 0 Å². The monoisotopic (exact) mass is 340 g/mol. The van der Waals surface area contributed by atoms with E-state index in [4.69, 9.17) is 5.11 Å². The Balaban J connectivity index is 3.13. The van der Waals surface area contributed by atoms with Gasteiger partial charge in [0.05, 0.1) is 0 Å². The number of ketones is 1. The molecule has 12 heavy (non-hydrogen) atoms. The van der Waals surface area contributed by atoms with Crippen molar-refractivity contribution in [2.75, 3.05) is 6.61 Å². The van der Waals surface area contributed by atoms with Crippen molar-refractivity contribution in [2.45, 2.75) is 0 Å². The molecule has 1 N–H and O–H groups in total. The second-order valence-electron chi connectivity index (χ2n) is 2.21. The number of carbonyl (C=O) groups excluding carboxylic acids is 1. The summed E-state index contributed by atoms with van der Waals surface area (Å²) >= 11 is 5.32. The van der Waals surface area contributed by atoms with Gasteiger partial charge in [-0.3, -0.25) is 4.79 Å². The number of hydrogen-bond acceptors (Lipinski definition) is 2. The van der Waals surface area contributed by atoms with Crippen LogP contribution in [0, 0.1) is 3.57 Å². The third-order valence-electron chi connectivity index (χ3n) is 1.37. The quantitative estimate of drug-likeness (QED) is 0.662. The molecule has 1 rings (SSSR count). The van der Waals surface area contributed by atoms with E-state index < -0.39 is 6.61 Å². The molecule has 0 atom stereocenters. The van der Waals surface area contributed by atoms with E-state index in [1.165, 1.54) is 0 Å². The highest BCUT2D eigenvalue weighted by Gasteiger charge is 2.08. The standard InChI is InChI=1S/C8H6BrIO2/c9-5-1-2-7(10)6(3-5)8(12)4-11/h1-3,11H,4H2. The molecule has 0 fully saturated rings. The molecule has 0 aliphatic rings. The zero-order valence-electron chi connectivity index (χ0n) is 6.05. The van der Waals surface area contributed by atoms with Crippen molar-refractivity contribution in [3.05, 3.63) is 31.8 Å². The molecule has 0 aliphatic heterocycles. The zero-order valence-corrected chi connectivity index (χ0v) is 9.79. The van der Waals surface area contributed by atoms with Crippen LogP contribution in [0.1, 0.15) is 10.4 Å². The Hall–Kier alpha value is 0.0600. The van der Waals surface area contributed by atoms with E-state index in [1.807, 2.05) is 12.1 Å². The molecule has 0 bridgehead atoms. The first-order chi connectivity index (χ1) is 5.65. The molecule has 0 heterocycles. The summed E-state index contributed by atoms with van der Waals surface area (Å²) in [6, 6.07) is 5.39. The van der Waals surface area contributed by atoms with Crippen molar-refractivity contribution >= 4 is 44.3 Å². The van der Waals surface area contributed by atoms with Gasteiger partial charge in [0.15, 0.2) is 5.78 Å². The molecular weight excluding hydrogens is 335 g/mol. The van der Waals surface area contributed by atoms with E-state index in [0.717, 1.165) is 8.04 Å². The smallest absolute Gasteiger partial charge is 0.189 e. The Morgan fingerprint density at radius 1 is 1.58 bits per heavy atom. The Morgan fingerprint density at radius 3 is 2.83 bits per heavy atom. The summed E-state index contributed by atoms with van der Waals surface area (Å²) < 4.78 is 1.70. The molecule has 0 saturated heterocycles. The number of aliphatic hydroxyl groups excluding tert-OH is 1. The first-order valence-corrected chi connectivity index (χ1v) is 5.11. The molecule has 0 aliphatic carbocycles. The topological polar surface area (TPSA) is 37.3 Å². The Morgan fingerprint density at radius 2 is 2.25 bits per heavy atom. The summed E-state index contributed by atoms with van der Waals surface area (Å²) in [5.41, 5.74) is 0.562. The van der Waals surface area contributed by atoms with E-state index in [-0.39, 0.29) is 5.78 Å². The van der Waals surface area contributed by atoms with Crippen LogP contribution in [0.2, 0.25) is 0 Å². The maximum absolute atomic E-state index is 11.1. The van der Waals surface area contributed by atoms with Gasteiger partial charge in [0.1, 0.15) is 6.61 Å². The molecule has 2 nitrogen and oxygen atoms in total. The number of aliphatic hydroxyl groups is 1. The fourth-order valence-corrected chi connectivity index (χ4v) is 1.79. The Labute approximate surface area is 92.2 Å². The second kappa shape index (κ2) is 4.34. The molecule has 0 saturated carbocycles. The van der Waals surface area contributed by atoms with E-state index in [0.29, 0.717) is 5.56 Å². The van der Waals surface area contributed by atoms with Crippen LogP contribution in [0.15, 0.2) is 22.7 Å². The maximum Gasteiger partial charge on any atom is 0.189 e. The summed E-state index contributed by atoms with van der Waals surface area (Å²) in [6.45, 7) is -0.438. The van der Waals surface area contributed by atoms with Gasteiger partial charge < -0.3 is 5.11 Å². The van der Waals surface area contributed by atoms with Gasteiger partial charge in [-0.25, -0.2) is 0 Å². The fourth-order valence-electron chi connectivity index (χ4n) is 0.796. The minimum atomic E-state index is -0.438. The molecule has 1 aromatic rings. The van der Waals surface area contributed by atoms with Gasteiger partial charge in [0, 0.05) is 13.6 Å². The lowest BCUT2D eigenvalue weighted by Crippen LogP contribution is -2.06. The molecule has 1 aromatic carbocycles. The van der Waals surface area contributed by atoms with Gasteiger partial charge >= 0.3 is 0 Å². The van der Waals surface area contributed by atoms with Crippen LogP contribution >= 0.6 is 38.5 Å². The van der Waals surface area contributed by atoms with Crippen LogP contribution in [-0.4, -0.2) is 17.5 Å². The lowest BCUT2D eigenvalue weighted by Gasteiger charge is -2.01. The summed E-state index contributed by atoms with van der Waals surface area (Å²) in [5.74, 6) is -0.249. The van der Waals surface area contributed by atoms with Crippen molar-refractivity contribution in [3.63, 3.8) is 0 Å². The molecule has 0 aromatic heterocycles. The number of benzene rings is 1. The van der Waals surface area contributed by atoms with Crippen LogP contribution in [0.5, 0.6) is 0 Å². The highest BCUT2D eigenvalue weighted by molar-refractivity contribution is 14.1. The Bertz CT molecular complexity index is 312. The average Bonchev–Trinajstić information content (AvgIpc) is 2.08. The van der Waals surface area contributed by atoms with Gasteiger partial charge in [0.2, 0.25) is 0 Å². The van der Waals surface area contributed by atoms with Gasteiger partial charge in [-0.15, -0.1) is 0 Å². The highest BCUT2D eigenvalue weighted by Crippen LogP contribution is 2.18. The van der Waals surface area contributed by atoms with Gasteiger partial charge in [-0.05, 0) is 40.8 Å². The van der Waals surface area contributed by atoms with Crippen LogP contribution in [0.25, 0.3) is 0 Å². The van der Waals surface area contributed by atoms with Crippen LogP contribution in [-0.2, 0) is 0 Å². The predicted octanol–water partition coefficient (Wildman–Crippen LogP) is 2.23. The number of rotatable bonds is 2. The first-order valence-electron chi connectivity index (χ1n) is 3.24. The molecule has 64 valence electrons. The van der Waals surface area contributed by atoms with Crippen LogP contribution in [0.3, 0.4) is 0 Å². The fraction of sp³-hybridized carbons (Fsp3) is 0.125. The number of halogens is 2. The minimum Gasteiger partial charge on any atom is -0.388 e. The largest absolute Gasteiger partial charge is 0.388 e. The molecule has 0 radical (unpaired) electrons. The van der Waals surface area contributed by atoms with Crippen LogP contribution < -0.4 is 0 Å². The van der Waals surface area contributed by atoms with Gasteiger partial charge in [-0.2, -0.15) is 0 Å². The maximum atomic E-state index is 11.1. The third kappa shape index (κ3) is 2.27. The normalized spacial score (nSPS) is 9.92. The minimum absolute atomic E-state index is 0.249. The molecule has 0 spiro atoms. The predicted molar refractivity (Wildman–Crippen MR) is 58.3 cm³/mol. The first kappa shape index (κ1) is 10.1. The second-order valence-corrected chi connectivity index (χ2v) is 4.28. The summed E-state index contributed by atoms with van der Waals surface area (Å²) in [5, 5.41) is 8.64. The van der Waals surface area contributed by atoms with Crippen molar-refractivity contribution in [1.29, 1.82) is 0 Å². The van der Waals surface area contributed by atoms with Gasteiger partial charge in [-0.1, -0.05) is 15.9 Å². The average molecular weight is 341 g/mol. The molecule has 0 amide bonds. The highest BCUT2D eigenvalue weighted by atomic mass is 127. The van der Waals surface area contributed by atoms with Crippen LogP contribution in [0.4, 0.5) is 0 Å². The van der Waals surface area contributed by atoms with Crippen molar-refractivity contribution < 1.29 is 9.90 Å². The van der Waals surface area contributed by atoms with Crippen molar-refractivity contribution in [3.8, 4) is 0 Å². The summed E-state index contributed by atoms with van der Waals surface area (Å²) in [6.07, 6.45) is 0. The molecular formula is C8H6BrIO2. The molecule has 4 heteroatoms. The molecule has 0 unspecified atom stereocenters. The summed E-state index contributed by atoms with van der Waals surface area (Å²) in [7, 11) is 0. The van der Waals surface area contributed by atoms with Gasteiger partial charge in [0.25, 0.3) is 0 Å².